The number of urea groups is 1. The molecule has 1 aliphatic heterocycles. The first-order valence-corrected chi connectivity index (χ1v) is 8.47. The Hall–Kier alpha value is -2.35. The van der Waals surface area contributed by atoms with Crippen LogP contribution in [0.3, 0.4) is 0 Å². The van der Waals surface area contributed by atoms with Gasteiger partial charge in [-0.25, -0.2) is 9.59 Å². The molecule has 1 aromatic carbocycles. The third-order valence-electron chi connectivity index (χ3n) is 3.97. The second kappa shape index (κ2) is 8.15. The van der Waals surface area contributed by atoms with Gasteiger partial charge in [0.25, 0.3) is 0 Å². The number of esters is 1. The molecular formula is C17H18BrN2O5-. The molecule has 2 rings (SSSR count). The van der Waals surface area contributed by atoms with Crippen LogP contribution in [-0.4, -0.2) is 36.5 Å². The van der Waals surface area contributed by atoms with Gasteiger partial charge in [0, 0.05) is 22.7 Å². The van der Waals surface area contributed by atoms with Gasteiger partial charge in [0.1, 0.15) is 0 Å². The highest BCUT2D eigenvalue weighted by atomic mass is 79.9. The van der Waals surface area contributed by atoms with Crippen molar-refractivity contribution < 1.29 is 24.2 Å². The van der Waals surface area contributed by atoms with Gasteiger partial charge in [-0.2, -0.15) is 0 Å². The minimum absolute atomic E-state index is 0.166. The Morgan fingerprint density at radius 3 is 2.52 bits per heavy atom. The Labute approximate surface area is 153 Å². The van der Waals surface area contributed by atoms with Crippen LogP contribution in [0, 0.1) is 0 Å². The highest BCUT2D eigenvalue weighted by Gasteiger charge is 2.35. The first-order valence-electron chi connectivity index (χ1n) is 7.67. The van der Waals surface area contributed by atoms with Crippen LogP contribution in [0.1, 0.15) is 31.4 Å². The van der Waals surface area contributed by atoms with E-state index < -0.39 is 24.0 Å². The van der Waals surface area contributed by atoms with Crippen molar-refractivity contribution in [1.82, 2.24) is 10.2 Å². The van der Waals surface area contributed by atoms with E-state index in [1.54, 1.807) is 19.1 Å². The smallest absolute Gasteiger partial charge is 0.337 e. The predicted molar refractivity (Wildman–Crippen MR) is 91.1 cm³/mol. The van der Waals surface area contributed by atoms with Crippen LogP contribution < -0.4 is 10.4 Å². The van der Waals surface area contributed by atoms with Crippen molar-refractivity contribution in [3.05, 3.63) is 45.6 Å². The molecule has 2 amide bonds. The number of benzene rings is 1. The maximum absolute atomic E-state index is 12.4. The molecule has 0 bridgehead atoms. The first kappa shape index (κ1) is 19.0. The molecule has 1 aliphatic rings. The van der Waals surface area contributed by atoms with Gasteiger partial charge in [-0.05, 0) is 37.5 Å². The summed E-state index contributed by atoms with van der Waals surface area (Å²) in [6, 6.07) is 6.21. The predicted octanol–water partition coefficient (Wildman–Crippen LogP) is 1.49. The van der Waals surface area contributed by atoms with Gasteiger partial charge in [-0.1, -0.05) is 28.1 Å². The number of halogens is 1. The third-order valence-corrected chi connectivity index (χ3v) is 4.50. The molecule has 1 aromatic rings. The summed E-state index contributed by atoms with van der Waals surface area (Å²) in [5, 5.41) is 13.4. The zero-order chi connectivity index (χ0) is 18.6. The number of nitrogens with zero attached hydrogens (tertiary/aromatic N) is 1. The van der Waals surface area contributed by atoms with Crippen molar-refractivity contribution in [2.24, 2.45) is 0 Å². The fourth-order valence-electron chi connectivity index (χ4n) is 2.71. The molecule has 0 aliphatic carbocycles. The number of carbonyl (C=O) groups is 3. The van der Waals surface area contributed by atoms with Crippen LogP contribution >= 0.6 is 15.9 Å². The van der Waals surface area contributed by atoms with Gasteiger partial charge < -0.3 is 20.0 Å². The number of carboxylic acid groups (broad SMARTS) is 1. The standard InChI is InChI=1S/C17H19BrN2O5/c1-10-14(16(23)25-2)15(11-5-7-12(18)8-6-11)19-17(24)20(10)9-3-4-13(21)22/h5-8,15H,3-4,9H2,1-2H3,(H,19,24)(H,21,22)/p-1/t15-/m0/s1. The minimum Gasteiger partial charge on any atom is -0.550 e. The van der Waals surface area contributed by atoms with Gasteiger partial charge in [0.05, 0.1) is 18.7 Å². The van der Waals surface area contributed by atoms with Crippen molar-refractivity contribution in [1.29, 1.82) is 0 Å². The van der Waals surface area contributed by atoms with Crippen molar-refractivity contribution in [3.8, 4) is 0 Å². The third kappa shape index (κ3) is 4.39. The van der Waals surface area contributed by atoms with E-state index >= 15 is 0 Å². The van der Waals surface area contributed by atoms with Gasteiger partial charge in [-0.3, -0.25) is 4.90 Å². The van der Waals surface area contributed by atoms with Gasteiger partial charge in [0.2, 0.25) is 0 Å². The number of allylic oxidation sites excluding steroid dienone is 1. The van der Waals surface area contributed by atoms with E-state index in [0.29, 0.717) is 11.3 Å². The van der Waals surface area contributed by atoms with E-state index in [0.717, 1.165) is 10.0 Å². The van der Waals surface area contributed by atoms with Gasteiger partial charge in [0.15, 0.2) is 0 Å². The second-order valence-corrected chi connectivity index (χ2v) is 6.47. The Morgan fingerprint density at radius 1 is 1.32 bits per heavy atom. The average molecular weight is 410 g/mol. The van der Waals surface area contributed by atoms with E-state index in [-0.39, 0.29) is 19.4 Å². The van der Waals surface area contributed by atoms with Crippen LogP contribution in [0.15, 0.2) is 40.0 Å². The molecule has 8 heteroatoms. The number of rotatable bonds is 6. The number of methoxy groups -OCH3 is 1. The van der Waals surface area contributed by atoms with Crippen molar-refractivity contribution in [2.45, 2.75) is 25.8 Å². The van der Waals surface area contributed by atoms with E-state index in [9.17, 15) is 19.5 Å². The number of carbonyl (C=O) groups excluding carboxylic acids is 3. The summed E-state index contributed by atoms with van der Waals surface area (Å²) in [6.07, 6.45) is 0.0608. The molecule has 25 heavy (non-hydrogen) atoms. The molecule has 0 unspecified atom stereocenters. The number of amides is 2. The summed E-state index contributed by atoms with van der Waals surface area (Å²) < 4.78 is 5.75. The van der Waals surface area contributed by atoms with Crippen LogP contribution in [0.25, 0.3) is 0 Å². The SMILES string of the molecule is COC(=O)C1=C(C)N(CCCC(=O)[O-])C(=O)N[C@H]1c1ccc(Br)cc1. The largest absolute Gasteiger partial charge is 0.550 e. The number of ether oxygens (including phenoxy) is 1. The summed E-state index contributed by atoms with van der Waals surface area (Å²) in [7, 11) is 1.28. The number of nitrogens with one attached hydrogen (secondary N) is 1. The molecule has 0 spiro atoms. The average Bonchev–Trinajstić information content (AvgIpc) is 2.57. The summed E-state index contributed by atoms with van der Waals surface area (Å²) >= 11 is 3.35. The summed E-state index contributed by atoms with van der Waals surface area (Å²) in [5.41, 5.74) is 1.51. The molecule has 0 saturated heterocycles. The molecule has 134 valence electrons. The molecule has 0 aromatic heterocycles. The van der Waals surface area contributed by atoms with E-state index in [1.807, 2.05) is 12.1 Å². The first-order chi connectivity index (χ1) is 11.8. The maximum atomic E-state index is 12.4. The zero-order valence-electron chi connectivity index (χ0n) is 13.9. The van der Waals surface area contributed by atoms with E-state index in [2.05, 4.69) is 21.2 Å². The lowest BCUT2D eigenvalue weighted by Crippen LogP contribution is -2.48. The van der Waals surface area contributed by atoms with Crippen molar-refractivity contribution >= 4 is 33.9 Å². The highest BCUT2D eigenvalue weighted by Crippen LogP contribution is 2.31. The van der Waals surface area contributed by atoms with Crippen LogP contribution in [-0.2, 0) is 14.3 Å². The van der Waals surface area contributed by atoms with E-state index in [4.69, 9.17) is 4.74 Å². The number of carboxylic acids is 1. The quantitative estimate of drug-likeness (QED) is 0.717. The summed E-state index contributed by atoms with van der Waals surface area (Å²) in [5.74, 6) is -1.73. The molecule has 0 fully saturated rings. The van der Waals surface area contributed by atoms with Crippen molar-refractivity contribution in [3.63, 3.8) is 0 Å². The molecule has 1 N–H and O–H groups in total. The second-order valence-electron chi connectivity index (χ2n) is 5.55. The van der Waals surface area contributed by atoms with Crippen LogP contribution in [0.4, 0.5) is 4.79 Å². The van der Waals surface area contributed by atoms with Crippen LogP contribution in [0.5, 0.6) is 0 Å². The summed E-state index contributed by atoms with van der Waals surface area (Å²) in [4.78, 5) is 36.7. The Kier molecular flexibility index (Phi) is 6.19. The molecule has 1 atom stereocenters. The topological polar surface area (TPSA) is 98.8 Å². The fourth-order valence-corrected chi connectivity index (χ4v) is 2.98. The molecule has 0 radical (unpaired) electrons. The highest BCUT2D eigenvalue weighted by molar-refractivity contribution is 9.10. The molecule has 1 heterocycles. The lowest BCUT2D eigenvalue weighted by atomic mass is 9.95. The molecule has 7 nitrogen and oxygen atoms in total. The fraction of sp³-hybridized carbons (Fsp3) is 0.353. The lowest BCUT2D eigenvalue weighted by molar-refractivity contribution is -0.305. The monoisotopic (exact) mass is 409 g/mol. The van der Waals surface area contributed by atoms with Crippen molar-refractivity contribution in [2.75, 3.05) is 13.7 Å². The molecular weight excluding hydrogens is 392 g/mol. The summed E-state index contributed by atoms with van der Waals surface area (Å²) in [6.45, 7) is 1.81. The van der Waals surface area contributed by atoms with Gasteiger partial charge in [-0.15, -0.1) is 0 Å². The Morgan fingerprint density at radius 2 is 1.96 bits per heavy atom. The van der Waals surface area contributed by atoms with E-state index in [1.165, 1.54) is 12.0 Å². The van der Waals surface area contributed by atoms with Gasteiger partial charge >= 0.3 is 12.0 Å². The normalized spacial score (nSPS) is 17.3. The number of aliphatic carboxylic acids is 1. The molecule has 0 saturated carbocycles. The maximum Gasteiger partial charge on any atom is 0.337 e. The number of hydrogen-bond acceptors (Lipinski definition) is 5. The number of hydrogen-bond donors (Lipinski definition) is 1. The Balaban J connectivity index is 2.37. The Bertz CT molecular complexity index is 714. The zero-order valence-corrected chi connectivity index (χ0v) is 15.5. The lowest BCUT2D eigenvalue weighted by Gasteiger charge is -2.35. The minimum atomic E-state index is -1.18. The van der Waals surface area contributed by atoms with Crippen LogP contribution in [0.2, 0.25) is 0 Å².